The Hall–Kier alpha value is -4.22. The van der Waals surface area contributed by atoms with Gasteiger partial charge in [-0.2, -0.15) is 0 Å². The van der Waals surface area contributed by atoms with Crippen LogP contribution in [0.25, 0.3) is 6.08 Å². The molecule has 0 unspecified atom stereocenters. The van der Waals surface area contributed by atoms with Crippen LogP contribution in [-0.2, 0) is 21.4 Å². The molecular formula is C28H23BrFN3O5S. The van der Waals surface area contributed by atoms with Gasteiger partial charge in [-0.1, -0.05) is 24.3 Å². The second-order valence-electron chi connectivity index (χ2n) is 8.08. The minimum Gasteiger partial charge on any atom is -0.493 e. The Morgan fingerprint density at radius 3 is 2.49 bits per heavy atom. The average Bonchev–Trinajstić information content (AvgIpc) is 2.92. The predicted molar refractivity (Wildman–Crippen MR) is 151 cm³/mol. The first-order valence-electron chi connectivity index (χ1n) is 11.5. The summed E-state index contributed by atoms with van der Waals surface area (Å²) >= 11 is 3.44. The van der Waals surface area contributed by atoms with Crippen LogP contribution in [0.15, 0.2) is 101 Å². The summed E-state index contributed by atoms with van der Waals surface area (Å²) in [4.78, 5) is 16.4. The van der Waals surface area contributed by atoms with Crippen LogP contribution in [-0.4, -0.2) is 26.4 Å². The van der Waals surface area contributed by atoms with Gasteiger partial charge in [-0.15, -0.1) is 0 Å². The molecule has 8 nitrogen and oxygen atoms in total. The van der Waals surface area contributed by atoms with E-state index >= 15 is 0 Å². The van der Waals surface area contributed by atoms with Crippen LogP contribution in [0.2, 0.25) is 0 Å². The summed E-state index contributed by atoms with van der Waals surface area (Å²) in [6, 6.07) is 20.4. The van der Waals surface area contributed by atoms with Gasteiger partial charge in [0.25, 0.3) is 10.0 Å². The molecule has 0 fully saturated rings. The standard InChI is InChI=1S/C28H23BrFN3O5S/c1-37-25-17-19(16-23(29)28(25)38-18-20-6-2-3-7-24(20)30)9-14-27(34)32-21-10-12-22(13-11-21)39(35,36)33-26-8-4-5-15-31-26/h2-17H,18H2,1H3,(H,31,33)(H,32,34)/b14-9+. The number of carbonyl (C=O) groups is 1. The van der Waals surface area contributed by atoms with Gasteiger partial charge in [-0.3, -0.25) is 9.52 Å². The van der Waals surface area contributed by atoms with Gasteiger partial charge in [-0.05, 0) is 82.2 Å². The van der Waals surface area contributed by atoms with Gasteiger partial charge in [0, 0.05) is 23.5 Å². The Morgan fingerprint density at radius 2 is 1.79 bits per heavy atom. The number of halogens is 2. The van der Waals surface area contributed by atoms with Gasteiger partial charge >= 0.3 is 0 Å². The number of pyridine rings is 1. The van der Waals surface area contributed by atoms with Gasteiger partial charge in [0.2, 0.25) is 5.91 Å². The lowest BCUT2D eigenvalue weighted by Crippen LogP contribution is -2.14. The summed E-state index contributed by atoms with van der Waals surface area (Å²) in [6.45, 7) is 0.0124. The molecule has 3 aromatic carbocycles. The molecule has 0 spiro atoms. The number of ether oxygens (including phenoxy) is 2. The molecule has 0 aliphatic rings. The largest absolute Gasteiger partial charge is 0.493 e. The predicted octanol–water partition coefficient (Wildman–Crippen LogP) is 6.02. The molecule has 11 heteroatoms. The van der Waals surface area contributed by atoms with Gasteiger partial charge in [-0.25, -0.2) is 17.8 Å². The number of aromatic nitrogens is 1. The summed E-state index contributed by atoms with van der Waals surface area (Å²) < 4.78 is 53.2. The monoisotopic (exact) mass is 611 g/mol. The summed E-state index contributed by atoms with van der Waals surface area (Å²) in [5.41, 5.74) is 1.47. The van der Waals surface area contributed by atoms with Gasteiger partial charge in [0.1, 0.15) is 18.2 Å². The second-order valence-corrected chi connectivity index (χ2v) is 10.6. The van der Waals surface area contributed by atoms with Crippen LogP contribution < -0.4 is 19.5 Å². The molecule has 0 aliphatic carbocycles. The molecule has 1 aromatic heterocycles. The topological polar surface area (TPSA) is 107 Å². The van der Waals surface area contributed by atoms with Gasteiger partial charge in [0.05, 0.1) is 16.5 Å². The van der Waals surface area contributed by atoms with Crippen molar-refractivity contribution in [1.29, 1.82) is 0 Å². The number of benzene rings is 3. The third-order valence-corrected chi connectivity index (χ3v) is 7.30. The van der Waals surface area contributed by atoms with Crippen LogP contribution >= 0.6 is 15.9 Å². The summed E-state index contributed by atoms with van der Waals surface area (Å²) in [7, 11) is -2.35. The van der Waals surface area contributed by atoms with Crippen LogP contribution in [0, 0.1) is 5.82 Å². The fourth-order valence-electron chi connectivity index (χ4n) is 3.43. The summed E-state index contributed by atoms with van der Waals surface area (Å²) in [5.74, 6) is 0.211. The number of anilines is 2. The van der Waals surface area contributed by atoms with E-state index in [9.17, 15) is 17.6 Å². The first kappa shape index (κ1) is 27.8. The van der Waals surface area contributed by atoms with E-state index in [2.05, 4.69) is 31.0 Å². The Morgan fingerprint density at radius 1 is 1.05 bits per heavy atom. The third-order valence-electron chi connectivity index (χ3n) is 5.34. The van der Waals surface area contributed by atoms with Crippen molar-refractivity contribution in [3.63, 3.8) is 0 Å². The van der Waals surface area contributed by atoms with Crippen molar-refractivity contribution in [3.8, 4) is 11.5 Å². The van der Waals surface area contributed by atoms with E-state index in [4.69, 9.17) is 9.47 Å². The van der Waals surface area contributed by atoms with E-state index in [-0.39, 0.29) is 23.1 Å². The van der Waals surface area contributed by atoms with Crippen molar-refractivity contribution < 1.29 is 27.1 Å². The average molecular weight is 612 g/mol. The van der Waals surface area contributed by atoms with Crippen LogP contribution in [0.1, 0.15) is 11.1 Å². The number of sulfonamides is 1. The zero-order valence-electron chi connectivity index (χ0n) is 20.6. The van der Waals surface area contributed by atoms with Crippen molar-refractivity contribution >= 4 is 49.4 Å². The fourth-order valence-corrected chi connectivity index (χ4v) is 5.02. The molecule has 0 bridgehead atoms. The molecule has 0 saturated heterocycles. The Balaban J connectivity index is 1.39. The smallest absolute Gasteiger partial charge is 0.263 e. The Bertz CT molecular complexity index is 1600. The number of carbonyl (C=O) groups excluding carboxylic acids is 1. The second kappa shape index (κ2) is 12.5. The Kier molecular flexibility index (Phi) is 8.95. The maximum absolute atomic E-state index is 13.9. The van der Waals surface area contributed by atoms with Gasteiger partial charge in [0.15, 0.2) is 11.5 Å². The summed E-state index contributed by atoms with van der Waals surface area (Å²) in [6.07, 6.45) is 4.39. The Labute approximate surface area is 233 Å². The first-order valence-corrected chi connectivity index (χ1v) is 13.8. The highest BCUT2D eigenvalue weighted by Gasteiger charge is 2.15. The van der Waals surface area contributed by atoms with Crippen LogP contribution in [0.4, 0.5) is 15.9 Å². The molecule has 2 N–H and O–H groups in total. The normalized spacial score (nSPS) is 11.3. The lowest BCUT2D eigenvalue weighted by Gasteiger charge is -2.14. The molecule has 4 aromatic rings. The minimum atomic E-state index is -3.83. The van der Waals surface area contributed by atoms with Gasteiger partial charge < -0.3 is 14.8 Å². The minimum absolute atomic E-state index is 0.0124. The van der Waals surface area contributed by atoms with E-state index in [1.54, 1.807) is 54.6 Å². The maximum Gasteiger partial charge on any atom is 0.263 e. The van der Waals surface area contributed by atoms with Crippen LogP contribution in [0.3, 0.4) is 0 Å². The molecular weight excluding hydrogens is 589 g/mol. The number of hydrogen-bond donors (Lipinski definition) is 2. The SMILES string of the molecule is COc1cc(/C=C/C(=O)Nc2ccc(S(=O)(=O)Nc3ccccn3)cc2)cc(Br)c1OCc1ccccc1F. The van der Waals surface area contributed by atoms with Crippen molar-refractivity contribution in [3.05, 3.63) is 113 Å². The first-order chi connectivity index (χ1) is 18.7. The highest BCUT2D eigenvalue weighted by molar-refractivity contribution is 9.10. The van der Waals surface area contributed by atoms with E-state index < -0.39 is 15.9 Å². The number of methoxy groups -OCH3 is 1. The molecule has 0 atom stereocenters. The highest BCUT2D eigenvalue weighted by atomic mass is 79.9. The van der Waals surface area contributed by atoms with E-state index in [0.29, 0.717) is 32.8 Å². The van der Waals surface area contributed by atoms with E-state index in [1.807, 2.05) is 0 Å². The van der Waals surface area contributed by atoms with E-state index in [1.165, 1.54) is 49.7 Å². The fraction of sp³-hybridized carbons (Fsp3) is 0.0714. The zero-order chi connectivity index (χ0) is 27.8. The lowest BCUT2D eigenvalue weighted by molar-refractivity contribution is -0.111. The molecule has 1 amide bonds. The molecule has 0 saturated carbocycles. The zero-order valence-corrected chi connectivity index (χ0v) is 23.0. The van der Waals surface area contributed by atoms with Crippen molar-refractivity contribution in [2.24, 2.45) is 0 Å². The molecule has 4 rings (SSSR count). The maximum atomic E-state index is 13.9. The van der Waals surface area contributed by atoms with E-state index in [0.717, 1.165) is 0 Å². The lowest BCUT2D eigenvalue weighted by atomic mass is 10.1. The van der Waals surface area contributed by atoms with Crippen molar-refractivity contribution in [1.82, 2.24) is 4.98 Å². The number of hydrogen-bond acceptors (Lipinski definition) is 6. The molecule has 0 radical (unpaired) electrons. The number of nitrogens with one attached hydrogen (secondary N) is 2. The third kappa shape index (κ3) is 7.43. The molecule has 0 aliphatic heterocycles. The quantitative estimate of drug-likeness (QED) is 0.212. The van der Waals surface area contributed by atoms with Crippen molar-refractivity contribution in [2.45, 2.75) is 11.5 Å². The molecule has 1 heterocycles. The van der Waals surface area contributed by atoms with Crippen LogP contribution in [0.5, 0.6) is 11.5 Å². The highest BCUT2D eigenvalue weighted by Crippen LogP contribution is 2.37. The molecule has 39 heavy (non-hydrogen) atoms. The molecule has 200 valence electrons. The summed E-state index contributed by atoms with van der Waals surface area (Å²) in [5, 5.41) is 2.68. The van der Waals surface area contributed by atoms with Crippen molar-refractivity contribution in [2.75, 3.05) is 17.1 Å². The number of rotatable bonds is 10. The number of amides is 1. The number of nitrogens with zero attached hydrogens (tertiary/aromatic N) is 1.